The van der Waals surface area contributed by atoms with E-state index in [1.54, 1.807) is 13.8 Å². The van der Waals surface area contributed by atoms with Crippen molar-refractivity contribution in [2.24, 2.45) is 0 Å². The molecule has 1 aromatic heterocycles. The molecule has 1 N–H and O–H groups in total. The molecule has 7 heteroatoms. The summed E-state index contributed by atoms with van der Waals surface area (Å²) in [6.07, 6.45) is 0.479. The number of ether oxygens (including phenoxy) is 1. The predicted molar refractivity (Wildman–Crippen MR) is 66.3 cm³/mol. The second-order valence-corrected chi connectivity index (χ2v) is 4.77. The highest BCUT2D eigenvalue weighted by molar-refractivity contribution is 8.00. The third kappa shape index (κ3) is 3.11. The fourth-order valence-corrected chi connectivity index (χ4v) is 2.15. The molecule has 0 aliphatic heterocycles. The number of rotatable bonds is 4. The van der Waals surface area contributed by atoms with Gasteiger partial charge in [-0.15, -0.1) is 0 Å². The Kier molecular flexibility index (Phi) is 4.92. The van der Waals surface area contributed by atoms with Gasteiger partial charge in [-0.05, 0) is 13.3 Å². The van der Waals surface area contributed by atoms with Gasteiger partial charge < -0.3 is 9.72 Å². The molecule has 6 nitrogen and oxygen atoms in total. The van der Waals surface area contributed by atoms with E-state index >= 15 is 0 Å². The number of hydrogen-bond donors (Lipinski definition) is 1. The third-order valence-electron chi connectivity index (χ3n) is 2.24. The first-order chi connectivity index (χ1) is 8.53. The van der Waals surface area contributed by atoms with Crippen molar-refractivity contribution < 1.29 is 9.53 Å². The van der Waals surface area contributed by atoms with Crippen LogP contribution in [0.4, 0.5) is 0 Å². The molecule has 96 valence electrons. The number of nitrogens with one attached hydrogen (secondary N) is 1. The molecule has 0 aliphatic carbocycles. The number of aryl methyl sites for hydroxylation is 1. The molecule has 18 heavy (non-hydrogen) atoms. The molecule has 1 atom stereocenters. The minimum Gasteiger partial charge on any atom is -0.468 e. The van der Waals surface area contributed by atoms with Crippen LogP contribution >= 0.6 is 11.8 Å². The summed E-state index contributed by atoms with van der Waals surface area (Å²) in [6.45, 7) is 3.46. The van der Waals surface area contributed by atoms with E-state index in [0.717, 1.165) is 11.8 Å². The van der Waals surface area contributed by atoms with Crippen molar-refractivity contribution in [3.63, 3.8) is 0 Å². The SMILES string of the molecule is CCc1nc(SC(C)C(=O)OC)[nH]c(=O)c1C#N. The molecule has 0 fully saturated rings. The zero-order valence-corrected chi connectivity index (χ0v) is 11.1. The zero-order chi connectivity index (χ0) is 13.7. The van der Waals surface area contributed by atoms with Gasteiger partial charge in [-0.3, -0.25) is 9.59 Å². The van der Waals surface area contributed by atoms with Gasteiger partial charge in [0.15, 0.2) is 5.16 Å². The summed E-state index contributed by atoms with van der Waals surface area (Å²) in [4.78, 5) is 29.5. The number of hydrogen-bond acceptors (Lipinski definition) is 6. The van der Waals surface area contributed by atoms with Crippen LogP contribution in [0.3, 0.4) is 0 Å². The maximum Gasteiger partial charge on any atom is 0.318 e. The quantitative estimate of drug-likeness (QED) is 0.493. The lowest BCUT2D eigenvalue weighted by Gasteiger charge is -2.08. The van der Waals surface area contributed by atoms with Crippen molar-refractivity contribution >= 4 is 17.7 Å². The third-order valence-corrected chi connectivity index (χ3v) is 3.20. The number of carbonyl (C=O) groups is 1. The Morgan fingerprint density at radius 3 is 2.83 bits per heavy atom. The molecular formula is C11H13N3O3S. The Morgan fingerprint density at radius 1 is 1.67 bits per heavy atom. The number of aromatic amines is 1. The van der Waals surface area contributed by atoms with Crippen molar-refractivity contribution in [2.75, 3.05) is 7.11 Å². The Hall–Kier alpha value is -1.81. The van der Waals surface area contributed by atoms with Gasteiger partial charge in [-0.1, -0.05) is 18.7 Å². The van der Waals surface area contributed by atoms with Crippen molar-refractivity contribution in [1.82, 2.24) is 9.97 Å². The van der Waals surface area contributed by atoms with E-state index in [2.05, 4.69) is 14.7 Å². The van der Waals surface area contributed by atoms with Gasteiger partial charge >= 0.3 is 5.97 Å². The van der Waals surface area contributed by atoms with Crippen molar-refractivity contribution in [1.29, 1.82) is 5.26 Å². The zero-order valence-electron chi connectivity index (χ0n) is 10.3. The number of nitriles is 1. The Labute approximate surface area is 108 Å². The van der Waals surface area contributed by atoms with Crippen molar-refractivity contribution in [3.8, 4) is 6.07 Å². The number of nitrogens with zero attached hydrogens (tertiary/aromatic N) is 2. The molecular weight excluding hydrogens is 254 g/mol. The molecule has 1 rings (SSSR count). The molecule has 0 bridgehead atoms. The van der Waals surface area contributed by atoms with Gasteiger partial charge in [0.2, 0.25) is 0 Å². The summed E-state index contributed by atoms with van der Waals surface area (Å²) in [5, 5.41) is 8.68. The number of thioether (sulfide) groups is 1. The van der Waals surface area contributed by atoms with Crippen LogP contribution in [-0.2, 0) is 16.0 Å². The lowest BCUT2D eigenvalue weighted by atomic mass is 10.2. The average Bonchev–Trinajstić information content (AvgIpc) is 2.36. The van der Waals surface area contributed by atoms with E-state index in [9.17, 15) is 9.59 Å². The van der Waals surface area contributed by atoms with Crippen LogP contribution < -0.4 is 5.56 Å². The number of aromatic nitrogens is 2. The predicted octanol–water partition coefficient (Wildman–Crippen LogP) is 0.858. The Balaban J connectivity index is 3.06. The van der Waals surface area contributed by atoms with E-state index in [0.29, 0.717) is 17.3 Å². The van der Waals surface area contributed by atoms with Crippen LogP contribution in [0.5, 0.6) is 0 Å². The fraction of sp³-hybridized carbons (Fsp3) is 0.455. The van der Waals surface area contributed by atoms with Gasteiger partial charge in [-0.2, -0.15) is 5.26 Å². The molecule has 0 amide bonds. The monoisotopic (exact) mass is 267 g/mol. The molecule has 1 unspecified atom stereocenters. The molecule has 1 heterocycles. The van der Waals surface area contributed by atoms with Crippen molar-refractivity contribution in [3.05, 3.63) is 21.6 Å². The van der Waals surface area contributed by atoms with Gasteiger partial charge in [-0.25, -0.2) is 4.98 Å². The summed E-state index contributed by atoms with van der Waals surface area (Å²) in [7, 11) is 1.30. The van der Waals surface area contributed by atoms with E-state index in [4.69, 9.17) is 5.26 Å². The molecule has 1 aromatic rings. The average molecular weight is 267 g/mol. The number of esters is 1. The van der Waals surface area contributed by atoms with Gasteiger partial charge in [0.25, 0.3) is 5.56 Å². The summed E-state index contributed by atoms with van der Waals surface area (Å²) in [6, 6.07) is 1.82. The molecule has 0 saturated heterocycles. The van der Waals surface area contributed by atoms with Crippen LogP contribution in [0.1, 0.15) is 25.1 Å². The van der Waals surface area contributed by atoms with E-state index in [1.807, 2.05) is 6.07 Å². The molecule has 0 aliphatic rings. The maximum atomic E-state index is 11.6. The smallest absolute Gasteiger partial charge is 0.318 e. The second kappa shape index (κ2) is 6.21. The molecule has 0 aromatic carbocycles. The Morgan fingerprint density at radius 2 is 2.33 bits per heavy atom. The van der Waals surface area contributed by atoms with Crippen LogP contribution in [0.2, 0.25) is 0 Å². The first-order valence-electron chi connectivity index (χ1n) is 5.31. The lowest BCUT2D eigenvalue weighted by Crippen LogP contribution is -2.19. The first-order valence-corrected chi connectivity index (χ1v) is 6.19. The maximum absolute atomic E-state index is 11.6. The molecule has 0 spiro atoms. The second-order valence-electron chi connectivity index (χ2n) is 3.44. The largest absolute Gasteiger partial charge is 0.468 e. The van der Waals surface area contributed by atoms with Crippen LogP contribution in [-0.4, -0.2) is 28.3 Å². The highest BCUT2D eigenvalue weighted by Gasteiger charge is 2.17. The van der Waals surface area contributed by atoms with Crippen LogP contribution in [0.15, 0.2) is 9.95 Å². The highest BCUT2D eigenvalue weighted by Crippen LogP contribution is 2.19. The van der Waals surface area contributed by atoms with Crippen LogP contribution in [0.25, 0.3) is 0 Å². The lowest BCUT2D eigenvalue weighted by molar-refractivity contribution is -0.139. The van der Waals surface area contributed by atoms with E-state index < -0.39 is 16.8 Å². The van der Waals surface area contributed by atoms with E-state index in [-0.39, 0.29) is 5.56 Å². The van der Waals surface area contributed by atoms with E-state index in [1.165, 1.54) is 7.11 Å². The fourth-order valence-electron chi connectivity index (χ4n) is 1.31. The van der Waals surface area contributed by atoms with Crippen LogP contribution in [0, 0.1) is 11.3 Å². The number of carbonyl (C=O) groups excluding carboxylic acids is 1. The van der Waals surface area contributed by atoms with Gasteiger partial charge in [0.05, 0.1) is 12.8 Å². The highest BCUT2D eigenvalue weighted by atomic mass is 32.2. The standard InChI is InChI=1S/C11H13N3O3S/c1-4-8-7(5-12)9(15)14-11(13-8)18-6(2)10(16)17-3/h6H,4H2,1-3H3,(H,13,14,15). The summed E-state index contributed by atoms with van der Waals surface area (Å²) in [5.41, 5.74) is -0.0303. The molecule has 0 saturated carbocycles. The Bertz CT molecular complexity index is 547. The molecule has 0 radical (unpaired) electrons. The first kappa shape index (κ1) is 14.3. The number of H-pyrrole nitrogens is 1. The van der Waals surface area contributed by atoms with Gasteiger partial charge in [0.1, 0.15) is 16.9 Å². The normalized spacial score (nSPS) is 11.7. The summed E-state index contributed by atoms with van der Waals surface area (Å²) >= 11 is 1.09. The minimum absolute atomic E-state index is 0.0209. The number of methoxy groups -OCH3 is 1. The summed E-state index contributed by atoms with van der Waals surface area (Å²) < 4.78 is 4.58. The van der Waals surface area contributed by atoms with Gasteiger partial charge in [0, 0.05) is 0 Å². The summed E-state index contributed by atoms with van der Waals surface area (Å²) in [5.74, 6) is -0.398. The minimum atomic E-state index is -0.482. The van der Waals surface area contributed by atoms with Crippen molar-refractivity contribution in [2.45, 2.75) is 30.7 Å². The topological polar surface area (TPSA) is 95.8 Å².